The molecule has 0 aromatic heterocycles. The zero-order chi connectivity index (χ0) is 14.4. The Bertz CT molecular complexity index is 356. The van der Waals surface area contributed by atoms with E-state index in [1.807, 2.05) is 0 Å². The van der Waals surface area contributed by atoms with Gasteiger partial charge in [0, 0.05) is 0 Å². The molecule has 0 fully saturated rings. The monoisotopic (exact) mass is 274 g/mol. The molecule has 0 heterocycles. The molecule has 114 valence electrons. The van der Waals surface area contributed by atoms with Crippen LogP contribution in [0.25, 0.3) is 0 Å². The molecule has 0 amide bonds. The van der Waals surface area contributed by atoms with Crippen LogP contribution in [0.2, 0.25) is 0 Å². The summed E-state index contributed by atoms with van der Waals surface area (Å²) in [5.41, 5.74) is 5.24. The van der Waals surface area contributed by atoms with E-state index in [1.54, 1.807) is 16.7 Å². The van der Waals surface area contributed by atoms with Gasteiger partial charge in [-0.25, -0.2) is 0 Å². The van der Waals surface area contributed by atoms with Crippen LogP contribution in [-0.4, -0.2) is 0 Å². The Morgan fingerprint density at radius 1 is 0.900 bits per heavy atom. The van der Waals surface area contributed by atoms with E-state index in [0.717, 1.165) is 11.8 Å². The molecular weight excluding hydrogens is 240 g/mol. The maximum Gasteiger partial charge on any atom is -0.0177 e. The first kappa shape index (κ1) is 15.9. The summed E-state index contributed by atoms with van der Waals surface area (Å²) in [5, 5.41) is 0. The Balaban J connectivity index is 2.26. The van der Waals surface area contributed by atoms with Crippen molar-refractivity contribution in [3.8, 4) is 0 Å². The average Bonchev–Trinajstić information content (AvgIpc) is 2.35. The van der Waals surface area contributed by atoms with Gasteiger partial charge < -0.3 is 0 Å². The second-order valence-electron chi connectivity index (χ2n) is 7.29. The first-order valence-electron chi connectivity index (χ1n) is 9.09. The molecule has 1 unspecified atom stereocenters. The molecule has 0 saturated carbocycles. The van der Waals surface area contributed by atoms with Crippen LogP contribution in [0.3, 0.4) is 0 Å². The number of rotatable bonds is 2. The van der Waals surface area contributed by atoms with Crippen molar-refractivity contribution in [2.24, 2.45) is 11.8 Å². The highest BCUT2D eigenvalue weighted by Crippen LogP contribution is 2.37. The normalized spacial score (nSPS) is 26.6. The lowest BCUT2D eigenvalue weighted by Gasteiger charge is -2.29. The minimum absolute atomic E-state index is 0.803. The fraction of sp³-hybridized carbons (Fsp3) is 0.800. The van der Waals surface area contributed by atoms with Crippen molar-refractivity contribution in [3.63, 3.8) is 0 Å². The Morgan fingerprint density at radius 3 is 2.40 bits per heavy atom. The third-order valence-corrected chi connectivity index (χ3v) is 5.46. The molecule has 0 saturated heterocycles. The van der Waals surface area contributed by atoms with E-state index in [2.05, 4.69) is 26.8 Å². The van der Waals surface area contributed by atoms with Crippen molar-refractivity contribution < 1.29 is 0 Å². The molecule has 0 spiro atoms. The van der Waals surface area contributed by atoms with Crippen molar-refractivity contribution in [2.75, 3.05) is 0 Å². The predicted octanol–water partition coefficient (Wildman–Crippen LogP) is 6.82. The molecule has 0 nitrogen and oxygen atoms in total. The van der Waals surface area contributed by atoms with E-state index < -0.39 is 0 Å². The standard InChI is InChI=1S/C20H34/c1-16(2)19-14-10-7-11-15-20(17(19)3)18-12-8-5-4-6-9-13-18/h12,16,19H,4-11,13-15H2,1-3H3. The molecule has 0 bridgehead atoms. The van der Waals surface area contributed by atoms with Crippen molar-refractivity contribution in [2.45, 2.75) is 91.4 Å². The Hall–Kier alpha value is -0.520. The first-order chi connectivity index (χ1) is 9.70. The van der Waals surface area contributed by atoms with Crippen LogP contribution in [0.4, 0.5) is 0 Å². The molecule has 0 heteroatoms. The van der Waals surface area contributed by atoms with Crippen LogP contribution < -0.4 is 0 Å². The maximum atomic E-state index is 2.59. The zero-order valence-corrected chi connectivity index (χ0v) is 14.0. The van der Waals surface area contributed by atoms with Crippen LogP contribution in [-0.2, 0) is 0 Å². The van der Waals surface area contributed by atoms with Gasteiger partial charge in [0.2, 0.25) is 0 Å². The van der Waals surface area contributed by atoms with Crippen LogP contribution >= 0.6 is 0 Å². The van der Waals surface area contributed by atoms with E-state index in [-0.39, 0.29) is 0 Å². The summed E-state index contributed by atoms with van der Waals surface area (Å²) in [6.07, 6.45) is 18.0. The van der Waals surface area contributed by atoms with Gasteiger partial charge in [0.15, 0.2) is 0 Å². The van der Waals surface area contributed by atoms with Crippen molar-refractivity contribution in [1.82, 2.24) is 0 Å². The second kappa shape index (κ2) is 8.05. The summed E-state index contributed by atoms with van der Waals surface area (Å²) in [5.74, 6) is 1.63. The highest BCUT2D eigenvalue weighted by atomic mass is 14.3. The van der Waals surface area contributed by atoms with Gasteiger partial charge in [-0.05, 0) is 74.9 Å². The van der Waals surface area contributed by atoms with E-state index in [4.69, 9.17) is 0 Å². The number of hydrogen-bond acceptors (Lipinski definition) is 0. The molecule has 1 atom stereocenters. The van der Waals surface area contributed by atoms with Crippen molar-refractivity contribution in [1.29, 1.82) is 0 Å². The molecule has 0 aromatic rings. The molecular formula is C20H34. The predicted molar refractivity (Wildman–Crippen MR) is 89.9 cm³/mol. The molecule has 0 aliphatic heterocycles. The van der Waals surface area contributed by atoms with Gasteiger partial charge in [-0.15, -0.1) is 0 Å². The SMILES string of the molecule is CC1=C(C2=CCCCCCC2)CCCCCC1C(C)C. The average molecular weight is 274 g/mol. The van der Waals surface area contributed by atoms with E-state index in [1.165, 1.54) is 70.6 Å². The largest absolute Gasteiger partial charge is 0.0810 e. The summed E-state index contributed by atoms with van der Waals surface area (Å²) >= 11 is 0. The molecule has 2 rings (SSSR count). The topological polar surface area (TPSA) is 0 Å². The van der Waals surface area contributed by atoms with Gasteiger partial charge >= 0.3 is 0 Å². The zero-order valence-electron chi connectivity index (χ0n) is 14.0. The summed E-state index contributed by atoms with van der Waals surface area (Å²) in [4.78, 5) is 0. The quantitative estimate of drug-likeness (QED) is 0.518. The first-order valence-corrected chi connectivity index (χ1v) is 9.09. The van der Waals surface area contributed by atoms with Gasteiger partial charge in [-0.1, -0.05) is 51.2 Å². The van der Waals surface area contributed by atoms with Crippen LogP contribution in [0.15, 0.2) is 22.8 Å². The highest BCUT2D eigenvalue weighted by Gasteiger charge is 2.21. The summed E-state index contributed by atoms with van der Waals surface area (Å²) in [7, 11) is 0. The third-order valence-electron chi connectivity index (χ3n) is 5.46. The minimum atomic E-state index is 0.803. The molecule has 0 aromatic carbocycles. The molecule has 0 N–H and O–H groups in total. The summed E-state index contributed by atoms with van der Waals surface area (Å²) < 4.78 is 0. The van der Waals surface area contributed by atoms with Gasteiger partial charge in [0.05, 0.1) is 0 Å². The van der Waals surface area contributed by atoms with Crippen molar-refractivity contribution >= 4 is 0 Å². The van der Waals surface area contributed by atoms with Crippen LogP contribution in [0, 0.1) is 11.8 Å². The van der Waals surface area contributed by atoms with E-state index in [0.29, 0.717) is 0 Å². The molecule has 2 aliphatic rings. The number of hydrogen-bond donors (Lipinski definition) is 0. The highest BCUT2D eigenvalue weighted by molar-refractivity contribution is 5.36. The second-order valence-corrected chi connectivity index (χ2v) is 7.29. The Morgan fingerprint density at radius 2 is 1.60 bits per heavy atom. The Kier molecular flexibility index (Phi) is 6.39. The van der Waals surface area contributed by atoms with Gasteiger partial charge in [-0.3, -0.25) is 0 Å². The van der Waals surface area contributed by atoms with Gasteiger partial charge in [0.25, 0.3) is 0 Å². The summed E-state index contributed by atoms with van der Waals surface area (Å²) in [6.45, 7) is 7.28. The molecule has 2 aliphatic carbocycles. The maximum absolute atomic E-state index is 2.59. The summed E-state index contributed by atoms with van der Waals surface area (Å²) in [6, 6.07) is 0. The third kappa shape index (κ3) is 4.24. The lowest BCUT2D eigenvalue weighted by Crippen LogP contribution is -2.15. The van der Waals surface area contributed by atoms with E-state index >= 15 is 0 Å². The lowest BCUT2D eigenvalue weighted by atomic mass is 9.77. The van der Waals surface area contributed by atoms with Crippen LogP contribution in [0.1, 0.15) is 91.4 Å². The fourth-order valence-corrected chi connectivity index (χ4v) is 4.19. The molecule has 20 heavy (non-hydrogen) atoms. The van der Waals surface area contributed by atoms with Gasteiger partial charge in [0.1, 0.15) is 0 Å². The van der Waals surface area contributed by atoms with E-state index in [9.17, 15) is 0 Å². The Labute approximate surface area is 126 Å². The molecule has 0 radical (unpaired) electrons. The van der Waals surface area contributed by atoms with Crippen LogP contribution in [0.5, 0.6) is 0 Å². The van der Waals surface area contributed by atoms with Crippen molar-refractivity contribution in [3.05, 3.63) is 22.8 Å². The van der Waals surface area contributed by atoms with Gasteiger partial charge in [-0.2, -0.15) is 0 Å². The fourth-order valence-electron chi connectivity index (χ4n) is 4.19. The lowest BCUT2D eigenvalue weighted by molar-refractivity contribution is 0.385. The minimum Gasteiger partial charge on any atom is -0.0810 e. The smallest absolute Gasteiger partial charge is 0.0177 e. The number of allylic oxidation sites excluding steroid dienone is 4.